The van der Waals surface area contributed by atoms with E-state index in [4.69, 9.17) is 5.73 Å². The van der Waals surface area contributed by atoms with Gasteiger partial charge in [0.05, 0.1) is 11.6 Å². The SMILES string of the molecule is CCN(CC)C(CNC(=O)C(C)(C)N)c1ccccc1.Cl.Cl. The Morgan fingerprint density at radius 3 is 2.09 bits per heavy atom. The first kappa shape index (κ1) is 23.5. The summed E-state index contributed by atoms with van der Waals surface area (Å²) in [7, 11) is 0. The van der Waals surface area contributed by atoms with Gasteiger partial charge in [-0.1, -0.05) is 44.2 Å². The van der Waals surface area contributed by atoms with Crippen molar-refractivity contribution >= 4 is 30.7 Å². The van der Waals surface area contributed by atoms with Gasteiger partial charge in [0.25, 0.3) is 0 Å². The lowest BCUT2D eigenvalue weighted by molar-refractivity contribution is -0.125. The number of carbonyl (C=O) groups is 1. The molecule has 0 spiro atoms. The molecule has 0 bridgehead atoms. The van der Waals surface area contributed by atoms with Gasteiger partial charge in [-0.05, 0) is 32.5 Å². The number of nitrogens with zero attached hydrogens (tertiary/aromatic N) is 1. The molecule has 0 aromatic heterocycles. The Kier molecular flexibility index (Phi) is 11.6. The fourth-order valence-electron chi connectivity index (χ4n) is 2.21. The fourth-order valence-corrected chi connectivity index (χ4v) is 2.21. The Bertz CT molecular complexity index is 417. The predicted molar refractivity (Wildman–Crippen MR) is 97.9 cm³/mol. The largest absolute Gasteiger partial charge is 0.353 e. The first-order chi connectivity index (χ1) is 9.40. The second kappa shape index (κ2) is 10.8. The molecule has 0 saturated heterocycles. The molecule has 1 amide bonds. The number of amides is 1. The monoisotopic (exact) mass is 349 g/mol. The molecule has 1 aromatic carbocycles. The summed E-state index contributed by atoms with van der Waals surface area (Å²) >= 11 is 0. The van der Waals surface area contributed by atoms with Gasteiger partial charge in [-0.25, -0.2) is 0 Å². The van der Waals surface area contributed by atoms with Gasteiger partial charge in [0.2, 0.25) is 5.91 Å². The van der Waals surface area contributed by atoms with Crippen LogP contribution in [0.25, 0.3) is 0 Å². The molecule has 4 nitrogen and oxygen atoms in total. The lowest BCUT2D eigenvalue weighted by Crippen LogP contribution is -2.51. The van der Waals surface area contributed by atoms with Crippen molar-refractivity contribution in [2.24, 2.45) is 5.73 Å². The number of benzene rings is 1. The zero-order valence-electron chi connectivity index (χ0n) is 13.8. The van der Waals surface area contributed by atoms with E-state index in [1.165, 1.54) is 5.56 Å². The molecule has 22 heavy (non-hydrogen) atoms. The number of hydrogen-bond donors (Lipinski definition) is 2. The third-order valence-electron chi connectivity index (χ3n) is 3.48. The van der Waals surface area contributed by atoms with Crippen LogP contribution in [0.4, 0.5) is 0 Å². The lowest BCUT2D eigenvalue weighted by Gasteiger charge is -2.31. The Morgan fingerprint density at radius 2 is 1.68 bits per heavy atom. The summed E-state index contributed by atoms with van der Waals surface area (Å²) in [6, 6.07) is 10.4. The molecule has 0 aliphatic heterocycles. The first-order valence-corrected chi connectivity index (χ1v) is 7.26. The van der Waals surface area contributed by atoms with Gasteiger partial charge in [-0.3, -0.25) is 9.69 Å². The molecule has 1 unspecified atom stereocenters. The highest BCUT2D eigenvalue weighted by Crippen LogP contribution is 2.19. The molecule has 0 aliphatic rings. The third-order valence-corrected chi connectivity index (χ3v) is 3.48. The molecule has 1 atom stereocenters. The van der Waals surface area contributed by atoms with E-state index < -0.39 is 5.54 Å². The van der Waals surface area contributed by atoms with Crippen LogP contribution >= 0.6 is 24.8 Å². The summed E-state index contributed by atoms with van der Waals surface area (Å²) < 4.78 is 0. The molecule has 0 fully saturated rings. The zero-order chi connectivity index (χ0) is 15.2. The normalized spacial score (nSPS) is 12.1. The molecule has 0 heterocycles. The predicted octanol–water partition coefficient (Wildman–Crippen LogP) is 2.77. The van der Waals surface area contributed by atoms with Gasteiger partial charge in [0.1, 0.15) is 0 Å². The molecule has 1 aromatic rings. The van der Waals surface area contributed by atoms with E-state index in [0.29, 0.717) is 6.54 Å². The van der Waals surface area contributed by atoms with Gasteiger partial charge in [-0.15, -0.1) is 24.8 Å². The standard InChI is InChI=1S/C16H27N3O.2ClH/c1-5-19(6-2)14(13-10-8-7-9-11-13)12-18-15(20)16(3,4)17;;/h7-11,14H,5-6,12,17H2,1-4H3,(H,18,20);2*1H. The minimum absolute atomic E-state index is 0. The molecule has 0 saturated carbocycles. The zero-order valence-corrected chi connectivity index (χ0v) is 15.5. The van der Waals surface area contributed by atoms with Crippen molar-refractivity contribution in [3.63, 3.8) is 0 Å². The second-order valence-electron chi connectivity index (χ2n) is 5.58. The van der Waals surface area contributed by atoms with Crippen LogP contribution in [0.1, 0.15) is 39.3 Å². The minimum atomic E-state index is -0.843. The van der Waals surface area contributed by atoms with E-state index in [1.54, 1.807) is 13.8 Å². The van der Waals surface area contributed by atoms with Crippen molar-refractivity contribution in [2.75, 3.05) is 19.6 Å². The fraction of sp³-hybridized carbons (Fsp3) is 0.562. The van der Waals surface area contributed by atoms with E-state index in [1.807, 2.05) is 18.2 Å². The van der Waals surface area contributed by atoms with Crippen LogP contribution in [0.15, 0.2) is 30.3 Å². The number of rotatable bonds is 7. The van der Waals surface area contributed by atoms with Crippen LogP contribution in [-0.2, 0) is 4.79 Å². The van der Waals surface area contributed by atoms with Gasteiger partial charge >= 0.3 is 0 Å². The number of hydrogen-bond acceptors (Lipinski definition) is 3. The van der Waals surface area contributed by atoms with Crippen molar-refractivity contribution < 1.29 is 4.79 Å². The number of carbonyl (C=O) groups excluding carboxylic acids is 1. The van der Waals surface area contributed by atoms with Crippen molar-refractivity contribution in [3.05, 3.63) is 35.9 Å². The summed E-state index contributed by atoms with van der Waals surface area (Å²) in [5.74, 6) is -0.120. The van der Waals surface area contributed by atoms with Crippen LogP contribution in [-0.4, -0.2) is 36.0 Å². The Morgan fingerprint density at radius 1 is 1.18 bits per heavy atom. The van der Waals surface area contributed by atoms with Crippen LogP contribution in [0.3, 0.4) is 0 Å². The highest BCUT2D eigenvalue weighted by atomic mass is 35.5. The maximum Gasteiger partial charge on any atom is 0.239 e. The number of likely N-dealkylation sites (N-methyl/N-ethyl adjacent to an activating group) is 1. The smallest absolute Gasteiger partial charge is 0.239 e. The van der Waals surface area contributed by atoms with Crippen LogP contribution in [0.5, 0.6) is 0 Å². The summed E-state index contributed by atoms with van der Waals surface area (Å²) in [4.78, 5) is 14.3. The Hall–Kier alpha value is -0.810. The summed E-state index contributed by atoms with van der Waals surface area (Å²) in [6.45, 7) is 10.2. The molecule has 6 heteroatoms. The topological polar surface area (TPSA) is 58.4 Å². The Labute approximate surface area is 146 Å². The number of nitrogens with one attached hydrogen (secondary N) is 1. The average molecular weight is 350 g/mol. The van der Waals surface area contributed by atoms with Crippen LogP contribution < -0.4 is 11.1 Å². The number of nitrogens with two attached hydrogens (primary N) is 1. The molecule has 0 aliphatic carbocycles. The Balaban J connectivity index is 0. The third kappa shape index (κ3) is 6.97. The van der Waals surface area contributed by atoms with Crippen LogP contribution in [0.2, 0.25) is 0 Å². The van der Waals surface area contributed by atoms with Gasteiger partial charge in [0, 0.05) is 6.54 Å². The van der Waals surface area contributed by atoms with E-state index in [-0.39, 0.29) is 36.8 Å². The quantitative estimate of drug-likeness (QED) is 0.795. The van der Waals surface area contributed by atoms with Crippen molar-refractivity contribution in [1.82, 2.24) is 10.2 Å². The molecule has 1 rings (SSSR count). The van der Waals surface area contributed by atoms with Gasteiger partial charge in [-0.2, -0.15) is 0 Å². The van der Waals surface area contributed by atoms with E-state index in [2.05, 4.69) is 36.2 Å². The molecule has 0 radical (unpaired) electrons. The molecule has 128 valence electrons. The highest BCUT2D eigenvalue weighted by Gasteiger charge is 2.24. The lowest BCUT2D eigenvalue weighted by atomic mass is 10.0. The second-order valence-corrected chi connectivity index (χ2v) is 5.58. The summed E-state index contributed by atoms with van der Waals surface area (Å²) in [6.07, 6.45) is 0. The van der Waals surface area contributed by atoms with Gasteiger partial charge < -0.3 is 11.1 Å². The van der Waals surface area contributed by atoms with Gasteiger partial charge in [0.15, 0.2) is 0 Å². The first-order valence-electron chi connectivity index (χ1n) is 7.26. The molecule has 3 N–H and O–H groups in total. The van der Waals surface area contributed by atoms with E-state index >= 15 is 0 Å². The number of halogens is 2. The van der Waals surface area contributed by atoms with Crippen LogP contribution in [0, 0.1) is 0 Å². The maximum absolute atomic E-state index is 11.9. The van der Waals surface area contributed by atoms with E-state index in [9.17, 15) is 4.79 Å². The summed E-state index contributed by atoms with van der Waals surface area (Å²) in [5.41, 5.74) is 6.19. The average Bonchev–Trinajstić information content (AvgIpc) is 2.43. The molecular weight excluding hydrogens is 321 g/mol. The van der Waals surface area contributed by atoms with E-state index in [0.717, 1.165) is 13.1 Å². The maximum atomic E-state index is 11.9. The van der Waals surface area contributed by atoms with Crippen molar-refractivity contribution in [2.45, 2.75) is 39.3 Å². The van der Waals surface area contributed by atoms with Crippen molar-refractivity contribution in [3.8, 4) is 0 Å². The molecular formula is C16H29Cl2N3O. The summed E-state index contributed by atoms with van der Waals surface area (Å²) in [5, 5.41) is 2.96. The van der Waals surface area contributed by atoms with Crippen molar-refractivity contribution in [1.29, 1.82) is 0 Å². The minimum Gasteiger partial charge on any atom is -0.353 e. The highest BCUT2D eigenvalue weighted by molar-refractivity contribution is 5.86.